The Morgan fingerprint density at radius 3 is 2.64 bits per heavy atom. The SMILES string of the molecule is Cc1cc(-c2cccc(N)c2)sc1Br. The first-order valence-electron chi connectivity index (χ1n) is 4.28. The van der Waals surface area contributed by atoms with Crippen LogP contribution in [0.1, 0.15) is 5.56 Å². The molecular formula is C11H10BrNS. The standard InChI is InChI=1S/C11H10BrNS/c1-7-5-10(14-11(7)12)8-3-2-4-9(13)6-8/h2-6H,13H2,1H3. The Morgan fingerprint density at radius 2 is 2.07 bits per heavy atom. The zero-order valence-corrected chi connectivity index (χ0v) is 10.2. The van der Waals surface area contributed by atoms with E-state index in [1.807, 2.05) is 18.2 Å². The van der Waals surface area contributed by atoms with Gasteiger partial charge in [-0.1, -0.05) is 12.1 Å². The highest BCUT2D eigenvalue weighted by atomic mass is 79.9. The van der Waals surface area contributed by atoms with Crippen molar-refractivity contribution in [3.63, 3.8) is 0 Å². The van der Waals surface area contributed by atoms with Crippen LogP contribution in [0.4, 0.5) is 5.69 Å². The summed E-state index contributed by atoms with van der Waals surface area (Å²) in [6.45, 7) is 2.09. The van der Waals surface area contributed by atoms with E-state index in [4.69, 9.17) is 5.73 Å². The van der Waals surface area contributed by atoms with E-state index in [2.05, 4.69) is 35.0 Å². The maximum atomic E-state index is 5.73. The second-order valence-corrected chi connectivity index (χ2v) is 5.56. The van der Waals surface area contributed by atoms with Crippen LogP contribution in [-0.2, 0) is 0 Å². The third kappa shape index (κ3) is 1.83. The fourth-order valence-corrected chi connectivity index (χ4v) is 2.83. The van der Waals surface area contributed by atoms with Gasteiger partial charge in [0.25, 0.3) is 0 Å². The van der Waals surface area contributed by atoms with Crippen LogP contribution in [-0.4, -0.2) is 0 Å². The number of hydrogen-bond donors (Lipinski definition) is 1. The Bertz CT molecular complexity index is 443. The zero-order chi connectivity index (χ0) is 10.1. The van der Waals surface area contributed by atoms with E-state index in [0.717, 1.165) is 5.69 Å². The van der Waals surface area contributed by atoms with Gasteiger partial charge in [-0.3, -0.25) is 0 Å². The van der Waals surface area contributed by atoms with Crippen LogP contribution in [0.5, 0.6) is 0 Å². The molecule has 2 rings (SSSR count). The molecule has 0 bridgehead atoms. The molecule has 1 heterocycles. The van der Waals surface area contributed by atoms with Crippen molar-refractivity contribution in [3.05, 3.63) is 39.7 Å². The minimum atomic E-state index is 0.810. The lowest BCUT2D eigenvalue weighted by atomic mass is 10.1. The van der Waals surface area contributed by atoms with Gasteiger partial charge in [0.15, 0.2) is 0 Å². The summed E-state index contributed by atoms with van der Waals surface area (Å²) in [5.41, 5.74) is 9.00. The van der Waals surface area contributed by atoms with Crippen LogP contribution in [0, 0.1) is 6.92 Å². The highest BCUT2D eigenvalue weighted by Gasteiger charge is 2.04. The molecule has 0 unspecified atom stereocenters. The minimum absolute atomic E-state index is 0.810. The summed E-state index contributed by atoms with van der Waals surface area (Å²) in [7, 11) is 0. The summed E-state index contributed by atoms with van der Waals surface area (Å²) < 4.78 is 1.19. The van der Waals surface area contributed by atoms with E-state index in [-0.39, 0.29) is 0 Å². The number of anilines is 1. The van der Waals surface area contributed by atoms with Gasteiger partial charge < -0.3 is 5.73 Å². The van der Waals surface area contributed by atoms with Gasteiger partial charge in [0.05, 0.1) is 3.79 Å². The summed E-state index contributed by atoms with van der Waals surface area (Å²) in [4.78, 5) is 1.25. The summed E-state index contributed by atoms with van der Waals surface area (Å²) >= 11 is 5.26. The Hall–Kier alpha value is -0.800. The van der Waals surface area contributed by atoms with Crippen LogP contribution in [0.3, 0.4) is 0 Å². The first kappa shape index (κ1) is 9.74. The third-order valence-electron chi connectivity index (χ3n) is 2.03. The molecule has 1 nitrogen and oxygen atoms in total. The Balaban J connectivity index is 2.49. The van der Waals surface area contributed by atoms with E-state index in [0.29, 0.717) is 0 Å². The first-order valence-corrected chi connectivity index (χ1v) is 5.89. The lowest BCUT2D eigenvalue weighted by Gasteiger charge is -1.97. The molecule has 14 heavy (non-hydrogen) atoms. The van der Waals surface area contributed by atoms with Gasteiger partial charge in [-0.05, 0) is 52.2 Å². The number of nitrogens with two attached hydrogens (primary N) is 1. The van der Waals surface area contributed by atoms with Crippen molar-refractivity contribution in [3.8, 4) is 10.4 Å². The maximum absolute atomic E-state index is 5.73. The topological polar surface area (TPSA) is 26.0 Å². The predicted molar refractivity (Wildman–Crippen MR) is 66.6 cm³/mol. The highest BCUT2D eigenvalue weighted by Crippen LogP contribution is 2.35. The number of hydrogen-bond acceptors (Lipinski definition) is 2. The Morgan fingerprint density at radius 1 is 1.29 bits per heavy atom. The van der Waals surface area contributed by atoms with Crippen molar-refractivity contribution in [1.82, 2.24) is 0 Å². The largest absolute Gasteiger partial charge is 0.399 e. The molecule has 0 aliphatic carbocycles. The van der Waals surface area contributed by atoms with Gasteiger partial charge >= 0.3 is 0 Å². The van der Waals surface area contributed by atoms with E-state index < -0.39 is 0 Å². The number of rotatable bonds is 1. The third-order valence-corrected chi connectivity index (χ3v) is 4.21. The molecule has 0 atom stereocenters. The lowest BCUT2D eigenvalue weighted by molar-refractivity contribution is 1.52. The van der Waals surface area contributed by atoms with Crippen LogP contribution in [0.25, 0.3) is 10.4 Å². The molecule has 2 N–H and O–H groups in total. The van der Waals surface area contributed by atoms with Crippen molar-refractivity contribution >= 4 is 33.0 Å². The highest BCUT2D eigenvalue weighted by molar-refractivity contribution is 9.11. The fourth-order valence-electron chi connectivity index (χ4n) is 1.29. The van der Waals surface area contributed by atoms with E-state index >= 15 is 0 Å². The van der Waals surface area contributed by atoms with E-state index in [1.54, 1.807) is 11.3 Å². The number of nitrogen functional groups attached to an aromatic ring is 1. The van der Waals surface area contributed by atoms with Gasteiger partial charge in [-0.25, -0.2) is 0 Å². The van der Waals surface area contributed by atoms with Gasteiger partial charge in [0.2, 0.25) is 0 Å². The molecule has 3 heteroatoms. The van der Waals surface area contributed by atoms with Crippen LogP contribution in [0.15, 0.2) is 34.1 Å². The molecule has 1 aromatic carbocycles. The number of thiophene rings is 1. The number of benzene rings is 1. The van der Waals surface area contributed by atoms with E-state index in [1.165, 1.54) is 19.8 Å². The predicted octanol–water partition coefficient (Wildman–Crippen LogP) is 4.07. The second-order valence-electron chi connectivity index (χ2n) is 3.19. The Labute approximate surface area is 95.7 Å². The van der Waals surface area contributed by atoms with Crippen molar-refractivity contribution in [2.24, 2.45) is 0 Å². The molecule has 0 aliphatic heterocycles. The average Bonchev–Trinajstić information content (AvgIpc) is 2.47. The molecule has 2 aromatic rings. The molecule has 0 amide bonds. The second kappa shape index (κ2) is 3.75. The molecule has 0 spiro atoms. The first-order chi connectivity index (χ1) is 6.66. The molecular weight excluding hydrogens is 258 g/mol. The van der Waals surface area contributed by atoms with Gasteiger partial charge in [0, 0.05) is 10.6 Å². The molecule has 0 aliphatic rings. The monoisotopic (exact) mass is 267 g/mol. The molecule has 0 saturated carbocycles. The molecule has 72 valence electrons. The van der Waals surface area contributed by atoms with Gasteiger partial charge in [0.1, 0.15) is 0 Å². The van der Waals surface area contributed by atoms with Crippen LogP contribution in [0.2, 0.25) is 0 Å². The smallest absolute Gasteiger partial charge is 0.0734 e. The lowest BCUT2D eigenvalue weighted by Crippen LogP contribution is -1.83. The summed E-state index contributed by atoms with van der Waals surface area (Å²) in [6.07, 6.45) is 0. The molecule has 0 radical (unpaired) electrons. The van der Waals surface area contributed by atoms with Crippen molar-refractivity contribution in [2.45, 2.75) is 6.92 Å². The number of halogens is 1. The molecule has 0 fully saturated rings. The quantitative estimate of drug-likeness (QED) is 0.775. The summed E-state index contributed by atoms with van der Waals surface area (Å²) in [5, 5.41) is 0. The van der Waals surface area contributed by atoms with Crippen molar-refractivity contribution in [2.75, 3.05) is 5.73 Å². The van der Waals surface area contributed by atoms with E-state index in [9.17, 15) is 0 Å². The molecule has 0 saturated heterocycles. The van der Waals surface area contributed by atoms with Crippen LogP contribution >= 0.6 is 27.3 Å². The average molecular weight is 268 g/mol. The normalized spacial score (nSPS) is 10.4. The van der Waals surface area contributed by atoms with Crippen molar-refractivity contribution in [1.29, 1.82) is 0 Å². The maximum Gasteiger partial charge on any atom is 0.0734 e. The van der Waals surface area contributed by atoms with Gasteiger partial charge in [-0.15, -0.1) is 11.3 Å². The summed E-state index contributed by atoms with van der Waals surface area (Å²) in [6, 6.07) is 10.1. The Kier molecular flexibility index (Phi) is 2.61. The minimum Gasteiger partial charge on any atom is -0.399 e. The molecule has 1 aromatic heterocycles. The van der Waals surface area contributed by atoms with Gasteiger partial charge in [-0.2, -0.15) is 0 Å². The van der Waals surface area contributed by atoms with Crippen molar-refractivity contribution < 1.29 is 0 Å². The summed E-state index contributed by atoms with van der Waals surface area (Å²) in [5.74, 6) is 0. The zero-order valence-electron chi connectivity index (χ0n) is 7.75. The fraction of sp³-hybridized carbons (Fsp3) is 0.0909. The number of aryl methyl sites for hydroxylation is 1. The van der Waals surface area contributed by atoms with Crippen LogP contribution < -0.4 is 5.73 Å².